The van der Waals surface area contributed by atoms with Gasteiger partial charge >= 0.3 is 0 Å². The second-order valence-electron chi connectivity index (χ2n) is 7.80. The normalized spacial score (nSPS) is 19.8. The number of sulfonamides is 1. The highest BCUT2D eigenvalue weighted by atomic mass is 127. The summed E-state index contributed by atoms with van der Waals surface area (Å²) < 4.78 is 32.5. The van der Waals surface area contributed by atoms with Crippen molar-refractivity contribution in [1.29, 1.82) is 0 Å². The molecule has 0 bridgehead atoms. The number of rotatable bonds is 9. The summed E-state index contributed by atoms with van der Waals surface area (Å²) in [5.41, 5.74) is 1.66. The molecule has 1 heterocycles. The minimum atomic E-state index is -3.31. The van der Waals surface area contributed by atoms with Crippen LogP contribution in [0.1, 0.15) is 51.7 Å². The molecule has 1 saturated heterocycles. The Morgan fingerprint density at radius 2 is 1.86 bits per heavy atom. The maximum atomic E-state index is 12.0. The van der Waals surface area contributed by atoms with Crippen molar-refractivity contribution >= 4 is 40.0 Å². The number of guanidine groups is 1. The first kappa shape index (κ1) is 26.1. The SMILES string of the molecule is CCNC(=NCc1ccc(CS(=O)(=O)NC(C)C)cc1)NCC1(C)CCCO1.I. The lowest BCUT2D eigenvalue weighted by atomic mass is 10.0. The Bertz CT molecular complexity index is 745. The van der Waals surface area contributed by atoms with Gasteiger partial charge in [-0.1, -0.05) is 24.3 Å². The molecule has 0 aromatic heterocycles. The van der Waals surface area contributed by atoms with E-state index in [0.29, 0.717) is 6.54 Å². The van der Waals surface area contributed by atoms with Gasteiger partial charge in [-0.15, -0.1) is 24.0 Å². The topological polar surface area (TPSA) is 91.8 Å². The maximum absolute atomic E-state index is 12.0. The average molecular weight is 538 g/mol. The van der Waals surface area contributed by atoms with Gasteiger partial charge in [0.1, 0.15) is 0 Å². The van der Waals surface area contributed by atoms with E-state index in [1.165, 1.54) is 0 Å². The van der Waals surface area contributed by atoms with Gasteiger partial charge in [0.25, 0.3) is 0 Å². The summed E-state index contributed by atoms with van der Waals surface area (Å²) in [6.45, 7) is 10.6. The second-order valence-corrected chi connectivity index (χ2v) is 9.55. The van der Waals surface area contributed by atoms with Gasteiger partial charge in [-0.25, -0.2) is 18.1 Å². The molecule has 1 unspecified atom stereocenters. The van der Waals surface area contributed by atoms with Crippen LogP contribution in [0.3, 0.4) is 0 Å². The van der Waals surface area contributed by atoms with Gasteiger partial charge in [0.05, 0.1) is 17.9 Å². The molecule has 0 saturated carbocycles. The third kappa shape index (κ3) is 9.63. The van der Waals surface area contributed by atoms with Crippen LogP contribution in [0.2, 0.25) is 0 Å². The molecular weight excluding hydrogens is 503 g/mol. The van der Waals surface area contributed by atoms with E-state index < -0.39 is 10.0 Å². The molecular formula is C20H35IN4O3S. The van der Waals surface area contributed by atoms with Crippen LogP contribution in [-0.2, 0) is 27.1 Å². The lowest BCUT2D eigenvalue weighted by molar-refractivity contribution is 0.0243. The summed E-state index contributed by atoms with van der Waals surface area (Å²) in [6, 6.07) is 7.44. The van der Waals surface area contributed by atoms with Crippen LogP contribution in [0.15, 0.2) is 29.3 Å². The number of halogens is 1. The first-order valence-electron chi connectivity index (χ1n) is 9.95. The smallest absolute Gasteiger partial charge is 0.216 e. The van der Waals surface area contributed by atoms with Gasteiger partial charge in [-0.2, -0.15) is 0 Å². The standard InChI is InChI=1S/C20H34N4O3S.HI/c1-5-21-19(23-15-20(4)11-6-12-27-20)22-13-17-7-9-18(10-8-17)14-28(25,26)24-16(2)3;/h7-10,16,24H,5-6,11-15H2,1-4H3,(H2,21,22,23);1H. The molecule has 7 nitrogen and oxygen atoms in total. The van der Waals surface area contributed by atoms with E-state index in [2.05, 4.69) is 27.3 Å². The molecule has 9 heteroatoms. The Morgan fingerprint density at radius 1 is 1.21 bits per heavy atom. The van der Waals surface area contributed by atoms with Gasteiger partial charge in [0, 0.05) is 25.7 Å². The van der Waals surface area contributed by atoms with Crippen molar-refractivity contribution in [1.82, 2.24) is 15.4 Å². The van der Waals surface area contributed by atoms with Gasteiger partial charge in [-0.3, -0.25) is 0 Å². The molecule has 1 atom stereocenters. The number of aliphatic imine (C=N–C) groups is 1. The van der Waals surface area contributed by atoms with Crippen molar-refractivity contribution in [2.75, 3.05) is 19.7 Å². The highest BCUT2D eigenvalue weighted by Gasteiger charge is 2.29. The Balaban J connectivity index is 0.00000420. The highest BCUT2D eigenvalue weighted by Crippen LogP contribution is 2.23. The Labute approximate surface area is 192 Å². The summed E-state index contributed by atoms with van der Waals surface area (Å²) in [5.74, 6) is 0.740. The van der Waals surface area contributed by atoms with Crippen LogP contribution < -0.4 is 15.4 Å². The molecule has 1 aliphatic heterocycles. The summed E-state index contributed by atoms with van der Waals surface area (Å²) in [4.78, 5) is 4.63. The maximum Gasteiger partial charge on any atom is 0.216 e. The fourth-order valence-corrected chi connectivity index (χ4v) is 4.55. The van der Waals surface area contributed by atoms with Crippen molar-refractivity contribution in [2.24, 2.45) is 4.99 Å². The zero-order chi connectivity index (χ0) is 20.6. The molecule has 3 N–H and O–H groups in total. The van der Waals surface area contributed by atoms with E-state index in [0.717, 1.165) is 49.6 Å². The summed E-state index contributed by atoms with van der Waals surface area (Å²) in [5, 5.41) is 6.61. The minimum Gasteiger partial charge on any atom is -0.373 e. The predicted molar refractivity (Wildman–Crippen MR) is 129 cm³/mol. The molecule has 1 aromatic rings. The van der Waals surface area contributed by atoms with Crippen LogP contribution in [0.4, 0.5) is 0 Å². The Morgan fingerprint density at radius 3 is 2.41 bits per heavy atom. The highest BCUT2D eigenvalue weighted by molar-refractivity contribution is 14.0. The van der Waals surface area contributed by atoms with E-state index in [1.807, 2.05) is 45.0 Å². The van der Waals surface area contributed by atoms with E-state index in [9.17, 15) is 8.42 Å². The lowest BCUT2D eigenvalue weighted by Crippen LogP contribution is -2.45. The van der Waals surface area contributed by atoms with E-state index in [1.54, 1.807) is 0 Å². The molecule has 0 aliphatic carbocycles. The molecule has 29 heavy (non-hydrogen) atoms. The van der Waals surface area contributed by atoms with E-state index >= 15 is 0 Å². The minimum absolute atomic E-state index is 0. The summed E-state index contributed by atoms with van der Waals surface area (Å²) in [7, 11) is -3.31. The van der Waals surface area contributed by atoms with Crippen LogP contribution in [-0.4, -0.2) is 45.7 Å². The number of nitrogens with one attached hydrogen (secondary N) is 3. The predicted octanol–water partition coefficient (Wildman–Crippen LogP) is 2.76. The first-order valence-corrected chi connectivity index (χ1v) is 11.6. The number of benzene rings is 1. The van der Waals surface area contributed by atoms with Crippen molar-refractivity contribution in [3.8, 4) is 0 Å². The molecule has 0 spiro atoms. The van der Waals surface area contributed by atoms with Crippen molar-refractivity contribution in [3.63, 3.8) is 0 Å². The van der Waals surface area contributed by atoms with Gasteiger partial charge in [0.15, 0.2) is 5.96 Å². The number of hydrogen-bond donors (Lipinski definition) is 3. The summed E-state index contributed by atoms with van der Waals surface area (Å²) in [6.07, 6.45) is 2.15. The van der Waals surface area contributed by atoms with Crippen LogP contribution in [0, 0.1) is 0 Å². The van der Waals surface area contributed by atoms with Crippen molar-refractivity contribution < 1.29 is 13.2 Å². The van der Waals surface area contributed by atoms with Gasteiger partial charge < -0.3 is 15.4 Å². The molecule has 2 rings (SSSR count). The van der Waals surface area contributed by atoms with Crippen LogP contribution >= 0.6 is 24.0 Å². The quantitative estimate of drug-likeness (QED) is 0.256. The average Bonchev–Trinajstić information content (AvgIpc) is 3.04. The molecule has 0 radical (unpaired) electrons. The molecule has 1 aliphatic rings. The van der Waals surface area contributed by atoms with Gasteiger partial charge in [-0.05, 0) is 51.7 Å². The van der Waals surface area contributed by atoms with Crippen molar-refractivity contribution in [3.05, 3.63) is 35.4 Å². The molecule has 1 fully saturated rings. The van der Waals surface area contributed by atoms with E-state index in [4.69, 9.17) is 4.74 Å². The Kier molecular flexibility index (Phi) is 10.9. The summed E-state index contributed by atoms with van der Waals surface area (Å²) >= 11 is 0. The van der Waals surface area contributed by atoms with Crippen molar-refractivity contribution in [2.45, 2.75) is 64.5 Å². The lowest BCUT2D eigenvalue weighted by Gasteiger charge is -2.24. The van der Waals surface area contributed by atoms with E-state index in [-0.39, 0.29) is 41.4 Å². The zero-order valence-electron chi connectivity index (χ0n) is 17.8. The Hall–Kier alpha value is -0.910. The fraction of sp³-hybridized carbons (Fsp3) is 0.650. The molecule has 0 amide bonds. The second kappa shape index (κ2) is 12.1. The third-order valence-electron chi connectivity index (χ3n) is 4.49. The largest absolute Gasteiger partial charge is 0.373 e. The molecule has 1 aromatic carbocycles. The monoisotopic (exact) mass is 538 g/mol. The number of hydrogen-bond acceptors (Lipinski definition) is 4. The third-order valence-corrected chi connectivity index (χ3v) is 6.03. The van der Waals surface area contributed by atoms with Crippen LogP contribution in [0.25, 0.3) is 0 Å². The van der Waals surface area contributed by atoms with Crippen LogP contribution in [0.5, 0.6) is 0 Å². The number of nitrogens with zero attached hydrogens (tertiary/aromatic N) is 1. The van der Waals surface area contributed by atoms with Gasteiger partial charge in [0.2, 0.25) is 10.0 Å². The first-order chi connectivity index (χ1) is 13.2. The zero-order valence-corrected chi connectivity index (χ0v) is 21.0. The number of ether oxygens (including phenoxy) is 1. The fourth-order valence-electron chi connectivity index (χ4n) is 3.12. The molecule has 166 valence electrons.